The Bertz CT molecular complexity index is 915. The standard InChI is InChI=1S/C16H18N4O5/c1-3-7-20-13(17)12(14(22)19(2)16(20)24)11(21)9-25-15(23)10-5-4-6-18-8-10/h4-6,8H,3,7,9,17H2,1-2H3. The highest BCUT2D eigenvalue weighted by molar-refractivity contribution is 6.02. The number of ketones is 1. The predicted molar refractivity (Wildman–Crippen MR) is 89.5 cm³/mol. The number of esters is 1. The summed E-state index contributed by atoms with van der Waals surface area (Å²) in [6, 6.07) is 3.03. The van der Waals surface area contributed by atoms with Crippen molar-refractivity contribution in [2.45, 2.75) is 19.9 Å². The van der Waals surface area contributed by atoms with Gasteiger partial charge < -0.3 is 10.5 Å². The molecule has 2 N–H and O–H groups in total. The molecule has 0 saturated carbocycles. The third kappa shape index (κ3) is 3.65. The Balaban J connectivity index is 2.29. The van der Waals surface area contributed by atoms with Crippen molar-refractivity contribution < 1.29 is 14.3 Å². The second-order valence-corrected chi connectivity index (χ2v) is 5.30. The number of rotatable bonds is 6. The Kier molecular flexibility index (Phi) is 5.48. The zero-order valence-corrected chi connectivity index (χ0v) is 13.9. The van der Waals surface area contributed by atoms with Crippen molar-refractivity contribution in [2.24, 2.45) is 7.05 Å². The SMILES string of the molecule is CCCn1c(N)c(C(=O)COC(=O)c2cccnc2)c(=O)n(C)c1=O. The van der Waals surface area contributed by atoms with Gasteiger partial charge in [0.25, 0.3) is 5.56 Å². The molecule has 0 bridgehead atoms. The van der Waals surface area contributed by atoms with Crippen molar-refractivity contribution in [2.75, 3.05) is 12.3 Å². The third-order valence-electron chi connectivity index (χ3n) is 3.54. The molecule has 9 nitrogen and oxygen atoms in total. The third-order valence-corrected chi connectivity index (χ3v) is 3.54. The van der Waals surface area contributed by atoms with Crippen LogP contribution in [0.15, 0.2) is 34.1 Å². The monoisotopic (exact) mass is 346 g/mol. The summed E-state index contributed by atoms with van der Waals surface area (Å²) in [4.78, 5) is 52.3. The van der Waals surface area contributed by atoms with Crippen molar-refractivity contribution in [3.63, 3.8) is 0 Å². The molecule has 9 heteroatoms. The normalized spacial score (nSPS) is 10.5. The number of hydrogen-bond donors (Lipinski definition) is 1. The highest BCUT2D eigenvalue weighted by Gasteiger charge is 2.22. The quantitative estimate of drug-likeness (QED) is 0.575. The lowest BCUT2D eigenvalue weighted by atomic mass is 10.2. The zero-order valence-electron chi connectivity index (χ0n) is 13.9. The summed E-state index contributed by atoms with van der Waals surface area (Å²) in [5.74, 6) is -1.75. The molecule has 0 atom stereocenters. The van der Waals surface area contributed by atoms with Crippen LogP contribution in [0.3, 0.4) is 0 Å². The van der Waals surface area contributed by atoms with Crippen molar-refractivity contribution in [1.29, 1.82) is 0 Å². The topological polar surface area (TPSA) is 126 Å². The highest BCUT2D eigenvalue weighted by Crippen LogP contribution is 2.08. The lowest BCUT2D eigenvalue weighted by molar-refractivity contribution is 0.0473. The van der Waals surface area contributed by atoms with E-state index in [0.717, 1.165) is 9.13 Å². The maximum atomic E-state index is 12.3. The Hall–Kier alpha value is -3.23. The van der Waals surface area contributed by atoms with Gasteiger partial charge in [0, 0.05) is 26.0 Å². The molecule has 0 unspecified atom stereocenters. The molecule has 0 aliphatic carbocycles. The molecule has 2 heterocycles. The van der Waals surface area contributed by atoms with Crippen LogP contribution in [0.25, 0.3) is 0 Å². The summed E-state index contributed by atoms with van der Waals surface area (Å²) in [7, 11) is 1.26. The molecule has 25 heavy (non-hydrogen) atoms. The number of carbonyl (C=O) groups excluding carboxylic acids is 2. The number of aromatic nitrogens is 3. The van der Waals surface area contributed by atoms with E-state index in [9.17, 15) is 19.2 Å². The number of hydrogen-bond acceptors (Lipinski definition) is 7. The number of nitrogens with zero attached hydrogens (tertiary/aromatic N) is 3. The van der Waals surface area contributed by atoms with Gasteiger partial charge in [-0.05, 0) is 18.6 Å². The number of pyridine rings is 1. The van der Waals surface area contributed by atoms with Gasteiger partial charge in [0.2, 0.25) is 5.78 Å². The minimum Gasteiger partial charge on any atom is -0.454 e. The summed E-state index contributed by atoms with van der Waals surface area (Å²) < 4.78 is 6.86. The Morgan fingerprint density at radius 2 is 2.04 bits per heavy atom. The molecule has 0 aromatic carbocycles. The van der Waals surface area contributed by atoms with E-state index in [1.165, 1.54) is 25.5 Å². The average Bonchev–Trinajstić information content (AvgIpc) is 2.62. The molecule has 0 amide bonds. The van der Waals surface area contributed by atoms with Crippen LogP contribution in [-0.4, -0.2) is 32.5 Å². The number of nitrogens with two attached hydrogens (primary N) is 1. The van der Waals surface area contributed by atoms with Gasteiger partial charge in [0.1, 0.15) is 11.4 Å². The lowest BCUT2D eigenvalue weighted by Gasteiger charge is -2.13. The minimum atomic E-state index is -0.822. The molecule has 132 valence electrons. The van der Waals surface area contributed by atoms with Crippen molar-refractivity contribution >= 4 is 17.6 Å². The maximum absolute atomic E-state index is 12.3. The first-order valence-electron chi connectivity index (χ1n) is 7.58. The molecule has 2 aromatic heterocycles. The summed E-state index contributed by atoms with van der Waals surface area (Å²) in [5, 5.41) is 0. The van der Waals surface area contributed by atoms with Crippen molar-refractivity contribution in [3.05, 3.63) is 56.5 Å². The predicted octanol–water partition coefficient (Wildman–Crippen LogP) is -0.0261. The summed E-state index contributed by atoms with van der Waals surface area (Å²) >= 11 is 0. The average molecular weight is 346 g/mol. The molecule has 0 saturated heterocycles. The van der Waals surface area contributed by atoms with E-state index in [1.807, 2.05) is 6.92 Å². The van der Waals surface area contributed by atoms with Gasteiger partial charge in [-0.2, -0.15) is 0 Å². The summed E-state index contributed by atoms with van der Waals surface area (Å²) in [5.41, 5.74) is 4.22. The molecule has 2 aromatic rings. The van der Waals surface area contributed by atoms with E-state index < -0.39 is 29.6 Å². The minimum absolute atomic E-state index is 0.173. The van der Waals surface area contributed by atoms with E-state index in [4.69, 9.17) is 10.5 Å². The van der Waals surface area contributed by atoms with Crippen LogP contribution >= 0.6 is 0 Å². The molecule has 0 aliphatic heterocycles. The summed E-state index contributed by atoms with van der Waals surface area (Å²) in [6.07, 6.45) is 3.37. The Morgan fingerprint density at radius 1 is 1.32 bits per heavy atom. The van der Waals surface area contributed by atoms with Gasteiger partial charge in [0.15, 0.2) is 6.61 Å². The van der Waals surface area contributed by atoms with Crippen molar-refractivity contribution in [1.82, 2.24) is 14.1 Å². The fourth-order valence-electron chi connectivity index (χ4n) is 2.26. The molecule has 0 radical (unpaired) electrons. The lowest BCUT2D eigenvalue weighted by Crippen LogP contribution is -2.43. The number of carbonyl (C=O) groups is 2. The molecular formula is C16H18N4O5. The van der Waals surface area contributed by atoms with Crippen LogP contribution in [0.5, 0.6) is 0 Å². The zero-order chi connectivity index (χ0) is 18.6. The highest BCUT2D eigenvalue weighted by atomic mass is 16.5. The van der Waals surface area contributed by atoms with Crippen LogP contribution in [0.2, 0.25) is 0 Å². The van der Waals surface area contributed by atoms with Crippen LogP contribution in [0, 0.1) is 0 Å². The van der Waals surface area contributed by atoms with Crippen LogP contribution < -0.4 is 17.0 Å². The fourth-order valence-corrected chi connectivity index (χ4v) is 2.26. The van der Waals surface area contributed by atoms with E-state index in [-0.39, 0.29) is 23.5 Å². The van der Waals surface area contributed by atoms with Gasteiger partial charge in [0.05, 0.1) is 5.56 Å². The second kappa shape index (κ2) is 7.56. The number of nitrogen functional groups attached to an aromatic ring is 1. The Morgan fingerprint density at radius 3 is 2.64 bits per heavy atom. The van der Waals surface area contributed by atoms with Gasteiger partial charge in [-0.1, -0.05) is 6.92 Å². The largest absolute Gasteiger partial charge is 0.454 e. The molecule has 0 spiro atoms. The second-order valence-electron chi connectivity index (χ2n) is 5.30. The maximum Gasteiger partial charge on any atom is 0.340 e. The fraction of sp³-hybridized carbons (Fsp3) is 0.312. The van der Waals surface area contributed by atoms with Crippen LogP contribution in [0.1, 0.15) is 34.1 Å². The van der Waals surface area contributed by atoms with E-state index in [1.54, 1.807) is 6.07 Å². The first kappa shape index (κ1) is 18.1. The smallest absolute Gasteiger partial charge is 0.340 e. The van der Waals surface area contributed by atoms with Gasteiger partial charge in [-0.25, -0.2) is 9.59 Å². The van der Waals surface area contributed by atoms with E-state index in [2.05, 4.69) is 4.98 Å². The van der Waals surface area contributed by atoms with Gasteiger partial charge >= 0.3 is 11.7 Å². The molecule has 0 fully saturated rings. The number of anilines is 1. The van der Waals surface area contributed by atoms with E-state index >= 15 is 0 Å². The molecule has 0 aliphatic rings. The molecular weight excluding hydrogens is 328 g/mol. The van der Waals surface area contributed by atoms with E-state index in [0.29, 0.717) is 6.42 Å². The van der Waals surface area contributed by atoms with Crippen LogP contribution in [-0.2, 0) is 18.3 Å². The Labute approximate surface area is 142 Å². The van der Waals surface area contributed by atoms with Crippen LogP contribution in [0.4, 0.5) is 5.82 Å². The molecule has 2 rings (SSSR count). The van der Waals surface area contributed by atoms with Crippen molar-refractivity contribution in [3.8, 4) is 0 Å². The first-order valence-corrected chi connectivity index (χ1v) is 7.58. The number of ether oxygens (including phenoxy) is 1. The summed E-state index contributed by atoms with van der Waals surface area (Å²) in [6.45, 7) is 1.42. The first-order chi connectivity index (χ1) is 11.9. The van der Waals surface area contributed by atoms with Gasteiger partial charge in [-0.3, -0.25) is 23.7 Å². The van der Waals surface area contributed by atoms with Gasteiger partial charge in [-0.15, -0.1) is 0 Å². The number of Topliss-reactive ketones (excluding diaryl/α,β-unsaturated/α-hetero) is 1.